The van der Waals surface area contributed by atoms with E-state index in [2.05, 4.69) is 48.5 Å². The molecule has 10 atom stereocenters. The van der Waals surface area contributed by atoms with Crippen molar-refractivity contribution in [2.45, 2.75) is 125 Å². The van der Waals surface area contributed by atoms with Crippen LogP contribution in [0.1, 0.15) is 84.4 Å². The van der Waals surface area contributed by atoms with Crippen LogP contribution in [0.2, 0.25) is 0 Å². The Balaban J connectivity index is 0.000000301. The minimum Gasteiger partial charge on any atom is -0.463 e. The number of aliphatic hydroxyl groups is 4. The summed E-state index contributed by atoms with van der Waals surface area (Å²) in [6, 6.07) is 28.2. The molecule has 2 aliphatic heterocycles. The highest BCUT2D eigenvalue weighted by Crippen LogP contribution is 2.39. The fourth-order valence-corrected chi connectivity index (χ4v) is 8.73. The van der Waals surface area contributed by atoms with E-state index in [4.69, 9.17) is 51.6 Å². The number of carbonyl (C=O) groups is 4. The lowest BCUT2D eigenvalue weighted by atomic mass is 9.88. The highest BCUT2D eigenvalue weighted by molar-refractivity contribution is 7.98. The van der Waals surface area contributed by atoms with Gasteiger partial charge in [-0.25, -0.2) is 0 Å². The molecule has 0 unspecified atom stereocenters. The Bertz CT molecular complexity index is 2300. The summed E-state index contributed by atoms with van der Waals surface area (Å²) >= 11 is 12.9. The molecule has 0 aliphatic carbocycles. The molecule has 0 radical (unpaired) electrons. The average Bonchev–Trinajstić information content (AvgIpc) is 3.31. The van der Waals surface area contributed by atoms with Crippen molar-refractivity contribution in [3.63, 3.8) is 0 Å². The van der Waals surface area contributed by atoms with Crippen LogP contribution in [0.4, 0.5) is 0 Å². The van der Waals surface area contributed by atoms with Gasteiger partial charge >= 0.3 is 23.9 Å². The van der Waals surface area contributed by atoms with E-state index in [1.807, 2.05) is 62.8 Å². The SMILES string of the molecule is CSc1ccc(Cc2cc([C@@H]3O[C@H](CO)[C@@H](O)[C@H](O)[C@H]3O)ccc2C)cc1.CSc1ccc(Cc2cc([C@@H]3O[C@H](COC(C)=O)[C@@H](OC(C)=O)[C@H](OC(C)=O)[C@H]3OC(C)=O)ccc2C)cc1.ClCCl. The lowest BCUT2D eigenvalue weighted by molar-refractivity contribution is -0.254. The van der Waals surface area contributed by atoms with Gasteiger partial charge in [-0.2, -0.15) is 0 Å². The third-order valence-corrected chi connectivity index (χ3v) is 12.9. The Morgan fingerprint density at radius 1 is 0.565 bits per heavy atom. The number of alkyl halides is 2. The number of ether oxygens (including phenoxy) is 6. The molecule has 2 fully saturated rings. The van der Waals surface area contributed by atoms with Crippen LogP contribution in [-0.2, 0) is 60.4 Å². The molecule has 0 spiro atoms. The molecule has 2 heterocycles. The van der Waals surface area contributed by atoms with Crippen LogP contribution >= 0.6 is 46.7 Å². The number of rotatable bonds is 14. The van der Waals surface area contributed by atoms with Crippen molar-refractivity contribution >= 4 is 70.6 Å². The van der Waals surface area contributed by atoms with Gasteiger partial charge in [0, 0.05) is 37.5 Å². The van der Waals surface area contributed by atoms with Gasteiger partial charge in [-0.05, 0) is 108 Å². The van der Waals surface area contributed by atoms with E-state index in [1.165, 1.54) is 43.0 Å². The molecule has 2 saturated heterocycles. The first kappa shape index (κ1) is 57.4. The summed E-state index contributed by atoms with van der Waals surface area (Å²) in [6.45, 7) is 8.20. The van der Waals surface area contributed by atoms with Gasteiger partial charge in [0.15, 0.2) is 18.3 Å². The molecule has 69 heavy (non-hydrogen) atoms. The Morgan fingerprint density at radius 3 is 1.41 bits per heavy atom. The largest absolute Gasteiger partial charge is 0.463 e. The number of aryl methyl sites for hydroxylation is 2. The highest BCUT2D eigenvalue weighted by Gasteiger charge is 2.52. The fraction of sp³-hybridized carbons (Fsp3) is 0.451. The molecule has 4 N–H and O–H groups in total. The molecule has 18 heteroatoms. The Hall–Kier alpha value is -4.20. The third kappa shape index (κ3) is 16.7. The summed E-state index contributed by atoms with van der Waals surface area (Å²) in [5.41, 5.74) is 7.98. The smallest absolute Gasteiger partial charge is 0.303 e. The zero-order valence-corrected chi connectivity index (χ0v) is 43.0. The van der Waals surface area contributed by atoms with Gasteiger partial charge in [-0.3, -0.25) is 19.2 Å². The van der Waals surface area contributed by atoms with E-state index >= 15 is 0 Å². The van der Waals surface area contributed by atoms with Crippen molar-refractivity contribution in [1.82, 2.24) is 0 Å². The Kier molecular flexibility index (Phi) is 23.3. The van der Waals surface area contributed by atoms with Gasteiger partial charge in [0.05, 0.1) is 11.9 Å². The monoisotopic (exact) mass is 1030 g/mol. The van der Waals surface area contributed by atoms with Crippen molar-refractivity contribution in [3.05, 3.63) is 129 Å². The summed E-state index contributed by atoms with van der Waals surface area (Å²) < 4.78 is 33.8. The van der Waals surface area contributed by atoms with Crippen LogP contribution in [0.15, 0.2) is 94.7 Å². The number of halogens is 2. The van der Waals surface area contributed by atoms with E-state index in [-0.39, 0.29) is 11.9 Å². The summed E-state index contributed by atoms with van der Waals surface area (Å²) in [6.07, 6.45) is -5.68. The van der Waals surface area contributed by atoms with Gasteiger partial charge < -0.3 is 48.8 Å². The number of hydrogen-bond donors (Lipinski definition) is 4. The zero-order chi connectivity index (χ0) is 50.9. The maximum absolute atomic E-state index is 12.2. The number of thioether (sulfide) groups is 2. The number of esters is 4. The molecule has 376 valence electrons. The normalized spacial score (nSPS) is 24.0. The minimum absolute atomic E-state index is 0.194. The molecule has 0 saturated carbocycles. The first-order chi connectivity index (χ1) is 32.8. The molecular formula is C51H62Cl2O14S2. The summed E-state index contributed by atoms with van der Waals surface area (Å²) in [4.78, 5) is 50.2. The number of carbonyl (C=O) groups excluding carboxylic acids is 4. The van der Waals surface area contributed by atoms with Crippen LogP contribution < -0.4 is 0 Å². The van der Waals surface area contributed by atoms with Crippen molar-refractivity contribution in [3.8, 4) is 0 Å². The molecular weight excluding hydrogens is 972 g/mol. The van der Waals surface area contributed by atoms with E-state index < -0.39 is 91.5 Å². The number of benzene rings is 4. The van der Waals surface area contributed by atoms with Crippen LogP contribution in [-0.4, -0.2) is 124 Å². The highest BCUT2D eigenvalue weighted by atomic mass is 35.5. The van der Waals surface area contributed by atoms with Crippen molar-refractivity contribution in [2.75, 3.05) is 31.1 Å². The average molecular weight is 1030 g/mol. The lowest BCUT2D eigenvalue weighted by Gasteiger charge is -2.44. The molecule has 0 bridgehead atoms. The summed E-state index contributed by atoms with van der Waals surface area (Å²) in [5.74, 6) is -2.53. The van der Waals surface area contributed by atoms with Crippen LogP contribution in [0.5, 0.6) is 0 Å². The molecule has 4 aromatic rings. The van der Waals surface area contributed by atoms with Crippen LogP contribution in [0, 0.1) is 13.8 Å². The molecule has 2 aliphatic rings. The van der Waals surface area contributed by atoms with Crippen molar-refractivity contribution in [1.29, 1.82) is 0 Å². The lowest BCUT2D eigenvalue weighted by Crippen LogP contribution is -2.59. The second-order valence-electron chi connectivity index (χ2n) is 16.4. The molecule has 6 rings (SSSR count). The van der Waals surface area contributed by atoms with Gasteiger partial charge in [0.1, 0.15) is 49.3 Å². The molecule has 0 aromatic heterocycles. The maximum atomic E-state index is 12.2. The topological polar surface area (TPSA) is 205 Å². The standard InChI is InChI=1S/C29H34O9S.C21H26O5S.CH2Cl2/c1-16-7-10-22(14-23(16)13-21-8-11-24(39-6)12-9-21)26-28(36-19(4)32)29(37-20(5)33)27(35-18(3)31)25(38-26)15-34-17(2)30;1-12-3-6-14(21-20(25)19(24)18(23)17(11-22)26-21)10-15(12)9-13-4-7-16(27-2)8-5-13;2-1-3/h7-12,14,25-29H,13,15H2,1-6H3;3-8,10,17-25H,9,11H2,1-2H3;1H2/t25-,26+,27-,28+,29+;17-,18-,19+,20-,21+;/m11./s1. The Labute approximate surface area is 422 Å². The second kappa shape index (κ2) is 28.0. The van der Waals surface area contributed by atoms with Crippen LogP contribution in [0.25, 0.3) is 0 Å². The second-order valence-corrected chi connectivity index (χ2v) is 19.0. The van der Waals surface area contributed by atoms with Gasteiger partial charge in [0.25, 0.3) is 0 Å². The molecule has 4 aromatic carbocycles. The zero-order valence-electron chi connectivity index (χ0n) is 39.8. The third-order valence-electron chi connectivity index (χ3n) is 11.4. The van der Waals surface area contributed by atoms with E-state index in [0.29, 0.717) is 17.5 Å². The quantitative estimate of drug-likeness (QED) is 0.0422. The summed E-state index contributed by atoms with van der Waals surface area (Å²) in [5, 5.41) is 40.0. The number of aliphatic hydroxyl groups excluding tert-OH is 4. The fourth-order valence-electron chi connectivity index (χ4n) is 7.92. The van der Waals surface area contributed by atoms with E-state index in [9.17, 15) is 39.6 Å². The van der Waals surface area contributed by atoms with E-state index in [1.54, 1.807) is 23.5 Å². The maximum Gasteiger partial charge on any atom is 0.303 e. The first-order valence-corrected chi connectivity index (χ1v) is 25.5. The minimum atomic E-state index is -1.37. The Morgan fingerprint density at radius 2 is 0.986 bits per heavy atom. The first-order valence-electron chi connectivity index (χ1n) is 22.0. The van der Waals surface area contributed by atoms with Gasteiger partial charge in [-0.1, -0.05) is 60.7 Å². The summed E-state index contributed by atoms with van der Waals surface area (Å²) in [7, 11) is 0. The molecule has 0 amide bonds. The van der Waals surface area contributed by atoms with Crippen LogP contribution in [0.3, 0.4) is 0 Å². The van der Waals surface area contributed by atoms with Crippen molar-refractivity contribution in [2.24, 2.45) is 0 Å². The van der Waals surface area contributed by atoms with Gasteiger partial charge in [-0.15, -0.1) is 46.7 Å². The van der Waals surface area contributed by atoms with Gasteiger partial charge in [0.2, 0.25) is 0 Å². The molecule has 14 nitrogen and oxygen atoms in total. The predicted molar refractivity (Wildman–Crippen MR) is 265 cm³/mol. The predicted octanol–water partition coefficient (Wildman–Crippen LogP) is 7.35. The number of hydrogen-bond acceptors (Lipinski definition) is 16. The van der Waals surface area contributed by atoms with Crippen molar-refractivity contribution < 1.29 is 68.0 Å². The van der Waals surface area contributed by atoms with E-state index in [0.717, 1.165) is 34.2 Å².